The number of nitrogens with one attached hydrogen (secondary N) is 2. The van der Waals surface area contributed by atoms with Gasteiger partial charge < -0.3 is 10.1 Å². The number of aromatic nitrogens is 3. The van der Waals surface area contributed by atoms with Crippen molar-refractivity contribution < 1.29 is 4.74 Å². The zero-order valence-corrected chi connectivity index (χ0v) is 14.9. The average Bonchev–Trinajstić information content (AvgIpc) is 3.32. The Morgan fingerprint density at radius 2 is 1.92 bits per heavy atom. The van der Waals surface area contributed by atoms with Crippen LogP contribution in [0.4, 0.5) is 11.4 Å². The van der Waals surface area contributed by atoms with Gasteiger partial charge in [0.15, 0.2) is 5.82 Å². The van der Waals surface area contributed by atoms with E-state index in [1.165, 1.54) is 0 Å². The number of H-pyrrole nitrogens is 1. The van der Waals surface area contributed by atoms with E-state index in [9.17, 15) is 0 Å². The van der Waals surface area contributed by atoms with Crippen LogP contribution in [0.2, 0.25) is 0 Å². The van der Waals surface area contributed by atoms with Crippen LogP contribution in [0.1, 0.15) is 30.3 Å². The molecule has 0 spiro atoms. The molecule has 26 heavy (non-hydrogen) atoms. The maximum Gasteiger partial charge on any atom is 0.216 e. The second-order valence-corrected chi connectivity index (χ2v) is 6.44. The van der Waals surface area contributed by atoms with Gasteiger partial charge in [-0.2, -0.15) is 14.9 Å². The highest BCUT2D eigenvalue weighted by molar-refractivity contribution is 7.71. The summed E-state index contributed by atoms with van der Waals surface area (Å²) in [4.78, 5) is 0. The SMILES string of the molecule is S=c1[nH]nc([C@H]2CCCO2)n1/N=C\c1ccc(Nc2ccccc2)cc1. The van der Waals surface area contributed by atoms with Crippen molar-refractivity contribution in [3.05, 3.63) is 70.8 Å². The first kappa shape index (κ1) is 16.7. The predicted octanol–water partition coefficient (Wildman–Crippen LogP) is 4.42. The lowest BCUT2D eigenvalue weighted by molar-refractivity contribution is 0.102. The van der Waals surface area contributed by atoms with E-state index < -0.39 is 0 Å². The fraction of sp³-hybridized carbons (Fsp3) is 0.211. The third kappa shape index (κ3) is 3.74. The van der Waals surface area contributed by atoms with Gasteiger partial charge in [-0.1, -0.05) is 30.3 Å². The summed E-state index contributed by atoms with van der Waals surface area (Å²) in [5, 5.41) is 14.9. The minimum absolute atomic E-state index is 0.0439. The number of hydrogen-bond donors (Lipinski definition) is 2. The van der Waals surface area contributed by atoms with Crippen molar-refractivity contribution in [2.45, 2.75) is 18.9 Å². The Bertz CT molecular complexity index is 940. The molecule has 0 radical (unpaired) electrons. The second kappa shape index (κ2) is 7.63. The highest BCUT2D eigenvalue weighted by atomic mass is 32.1. The zero-order chi connectivity index (χ0) is 17.8. The fourth-order valence-corrected chi connectivity index (χ4v) is 3.06. The van der Waals surface area contributed by atoms with E-state index in [2.05, 4.69) is 20.6 Å². The molecule has 0 saturated carbocycles. The van der Waals surface area contributed by atoms with Gasteiger partial charge in [0.25, 0.3) is 0 Å². The van der Waals surface area contributed by atoms with Gasteiger partial charge in [0.1, 0.15) is 6.10 Å². The van der Waals surface area contributed by atoms with Crippen LogP contribution >= 0.6 is 12.2 Å². The molecule has 1 aromatic heterocycles. The third-order valence-corrected chi connectivity index (χ3v) is 4.45. The molecule has 1 saturated heterocycles. The number of ether oxygens (including phenoxy) is 1. The fourth-order valence-electron chi connectivity index (χ4n) is 2.87. The van der Waals surface area contributed by atoms with Crippen LogP contribution in [0, 0.1) is 4.77 Å². The van der Waals surface area contributed by atoms with Crippen LogP contribution in [0.25, 0.3) is 0 Å². The van der Waals surface area contributed by atoms with Gasteiger partial charge in [0.05, 0.1) is 6.21 Å². The van der Waals surface area contributed by atoms with E-state index in [0.29, 0.717) is 4.77 Å². The molecule has 2 heterocycles. The summed E-state index contributed by atoms with van der Waals surface area (Å²) in [6.45, 7) is 0.754. The van der Waals surface area contributed by atoms with Crippen LogP contribution in [-0.2, 0) is 4.74 Å². The van der Waals surface area contributed by atoms with Gasteiger partial charge >= 0.3 is 0 Å². The maximum atomic E-state index is 5.69. The van der Waals surface area contributed by atoms with Crippen molar-refractivity contribution in [1.29, 1.82) is 0 Å². The maximum absolute atomic E-state index is 5.69. The Balaban J connectivity index is 1.49. The molecule has 1 fully saturated rings. The molecule has 0 bridgehead atoms. The summed E-state index contributed by atoms with van der Waals surface area (Å²) in [6.07, 6.45) is 3.70. The number of anilines is 2. The summed E-state index contributed by atoms with van der Waals surface area (Å²) in [5.74, 6) is 0.728. The van der Waals surface area contributed by atoms with Gasteiger partial charge in [0.2, 0.25) is 4.77 Å². The number of para-hydroxylation sites is 1. The van der Waals surface area contributed by atoms with Gasteiger partial charge in [-0.15, -0.1) is 0 Å². The Kier molecular flexibility index (Phi) is 4.90. The van der Waals surface area contributed by atoms with Crippen molar-refractivity contribution in [2.75, 3.05) is 11.9 Å². The van der Waals surface area contributed by atoms with Crippen molar-refractivity contribution >= 4 is 29.8 Å². The number of hydrogen-bond acceptors (Lipinski definition) is 5. The number of benzene rings is 2. The summed E-state index contributed by atoms with van der Waals surface area (Å²) in [5.41, 5.74) is 3.05. The Labute approximate surface area is 156 Å². The molecular weight excluding hydrogens is 346 g/mol. The Morgan fingerprint density at radius 3 is 2.65 bits per heavy atom. The second-order valence-electron chi connectivity index (χ2n) is 6.06. The largest absolute Gasteiger partial charge is 0.370 e. The van der Waals surface area contributed by atoms with E-state index in [1.54, 1.807) is 10.9 Å². The van der Waals surface area contributed by atoms with Gasteiger partial charge in [-0.3, -0.25) is 5.10 Å². The topological polar surface area (TPSA) is 67.2 Å². The minimum atomic E-state index is -0.0439. The van der Waals surface area contributed by atoms with Crippen LogP contribution in [0.5, 0.6) is 0 Å². The lowest BCUT2D eigenvalue weighted by atomic mass is 10.2. The molecule has 3 aromatic rings. The molecule has 2 N–H and O–H groups in total. The van der Waals surface area contributed by atoms with E-state index in [1.807, 2.05) is 54.6 Å². The molecule has 0 amide bonds. The van der Waals surface area contributed by atoms with Crippen LogP contribution < -0.4 is 5.32 Å². The Morgan fingerprint density at radius 1 is 1.15 bits per heavy atom. The number of rotatable bonds is 5. The van der Waals surface area contributed by atoms with E-state index >= 15 is 0 Å². The molecule has 132 valence electrons. The zero-order valence-electron chi connectivity index (χ0n) is 14.1. The highest BCUT2D eigenvalue weighted by Gasteiger charge is 2.23. The summed E-state index contributed by atoms with van der Waals surface area (Å²) in [6, 6.07) is 18.1. The summed E-state index contributed by atoms with van der Waals surface area (Å²) >= 11 is 5.28. The molecule has 2 aromatic carbocycles. The molecule has 1 atom stereocenters. The first-order chi connectivity index (χ1) is 12.8. The van der Waals surface area contributed by atoms with Gasteiger partial charge in [-0.05, 0) is 54.9 Å². The van der Waals surface area contributed by atoms with Crippen LogP contribution in [0.3, 0.4) is 0 Å². The van der Waals surface area contributed by atoms with E-state index in [-0.39, 0.29) is 6.10 Å². The standard InChI is InChI=1S/C19H19N5OS/c26-19-23-22-18(17-7-4-12-25-17)24(19)20-13-14-8-10-16(11-9-14)21-15-5-2-1-3-6-15/h1-3,5-6,8-11,13,17,21H,4,7,12H2,(H,23,26)/b20-13-/t17-/m1/s1. The van der Waals surface area contributed by atoms with Crippen LogP contribution in [-0.4, -0.2) is 27.7 Å². The quantitative estimate of drug-likeness (QED) is 0.519. The van der Waals surface area contributed by atoms with Gasteiger partial charge in [0, 0.05) is 18.0 Å². The van der Waals surface area contributed by atoms with Crippen molar-refractivity contribution in [3.63, 3.8) is 0 Å². The normalized spacial score (nSPS) is 17.0. The van der Waals surface area contributed by atoms with Crippen molar-refractivity contribution in [2.24, 2.45) is 5.10 Å². The average molecular weight is 365 g/mol. The molecular formula is C19H19N5OS. The van der Waals surface area contributed by atoms with Crippen LogP contribution in [0.15, 0.2) is 59.7 Å². The lowest BCUT2D eigenvalue weighted by Crippen LogP contribution is -2.05. The monoisotopic (exact) mass is 365 g/mol. The smallest absolute Gasteiger partial charge is 0.216 e. The molecule has 0 unspecified atom stereocenters. The molecule has 1 aliphatic rings. The molecule has 4 rings (SSSR count). The number of aromatic amines is 1. The third-order valence-electron chi connectivity index (χ3n) is 4.19. The first-order valence-electron chi connectivity index (χ1n) is 8.55. The molecule has 7 heteroatoms. The van der Waals surface area contributed by atoms with E-state index in [4.69, 9.17) is 17.0 Å². The summed E-state index contributed by atoms with van der Waals surface area (Å²) < 4.78 is 7.79. The molecule has 0 aliphatic carbocycles. The van der Waals surface area contributed by atoms with Crippen molar-refractivity contribution in [1.82, 2.24) is 14.9 Å². The highest BCUT2D eigenvalue weighted by Crippen LogP contribution is 2.27. The first-order valence-corrected chi connectivity index (χ1v) is 8.96. The van der Waals surface area contributed by atoms with E-state index in [0.717, 1.165) is 42.2 Å². The van der Waals surface area contributed by atoms with Crippen molar-refractivity contribution in [3.8, 4) is 0 Å². The lowest BCUT2D eigenvalue weighted by Gasteiger charge is -2.07. The minimum Gasteiger partial charge on any atom is -0.370 e. The predicted molar refractivity (Wildman–Crippen MR) is 104 cm³/mol. The Hall–Kier alpha value is -2.77. The summed E-state index contributed by atoms with van der Waals surface area (Å²) in [7, 11) is 0. The molecule has 1 aliphatic heterocycles. The number of nitrogens with zero attached hydrogens (tertiary/aromatic N) is 3. The molecule has 6 nitrogen and oxygen atoms in total. The van der Waals surface area contributed by atoms with Gasteiger partial charge in [-0.25, -0.2) is 0 Å².